The highest BCUT2D eigenvalue weighted by molar-refractivity contribution is 7.45. The molecule has 5 unspecified atom stereocenters. The first-order valence-corrected chi connectivity index (χ1v) is 23.8. The van der Waals surface area contributed by atoms with Crippen molar-refractivity contribution in [1.82, 2.24) is 0 Å². The average molecular weight is 842 g/mol. The minimum absolute atomic E-state index is 0.0260. The van der Waals surface area contributed by atoms with Crippen LogP contribution in [0.25, 0.3) is 0 Å². The van der Waals surface area contributed by atoms with Crippen LogP contribution in [0.5, 0.6) is 0 Å². The van der Waals surface area contributed by atoms with Crippen molar-refractivity contribution in [3.8, 4) is 0 Å². The number of hydrogen-bond acceptors (Lipinski definition) is 10. The van der Waals surface area contributed by atoms with Crippen LogP contribution in [-0.2, 0) is 27.9 Å². The Kier molecular flexibility index (Phi) is 36.8. The van der Waals surface area contributed by atoms with Gasteiger partial charge in [0.25, 0.3) is 7.82 Å². The molecule has 0 spiro atoms. The summed E-state index contributed by atoms with van der Waals surface area (Å²) in [5.41, 5.74) is 0. The molecule has 0 aliphatic heterocycles. The number of quaternary nitrogens is 1. The summed E-state index contributed by atoms with van der Waals surface area (Å²) in [7, 11) is 1.13. The van der Waals surface area contributed by atoms with Crippen LogP contribution in [0.1, 0.15) is 149 Å². The molecular weight excluding hydrogens is 757 g/mol. The monoisotopic (exact) mass is 842 g/mol. The Hall–Kier alpha value is -1.92. The third-order valence-corrected chi connectivity index (χ3v) is 10.4. The summed E-state index contributed by atoms with van der Waals surface area (Å²) >= 11 is 0. The summed E-state index contributed by atoms with van der Waals surface area (Å²) in [6, 6.07) is 0. The number of rotatable bonds is 40. The van der Waals surface area contributed by atoms with E-state index in [1.165, 1.54) is 70.3 Å². The number of carbonyl (C=O) groups is 1. The van der Waals surface area contributed by atoms with Crippen LogP contribution < -0.4 is 4.89 Å². The Morgan fingerprint density at radius 2 is 1.21 bits per heavy atom. The van der Waals surface area contributed by atoms with E-state index >= 15 is 0 Å². The zero-order valence-electron chi connectivity index (χ0n) is 37.1. The highest BCUT2D eigenvalue weighted by Crippen LogP contribution is 2.38. The summed E-state index contributed by atoms with van der Waals surface area (Å²) in [5.74, 6) is -0.587. The number of hydrogen-bond donors (Lipinski definition) is 3. The first-order valence-electron chi connectivity index (χ1n) is 22.3. The molecule has 0 aliphatic carbocycles. The maximum atomic E-state index is 12.7. The second-order valence-electron chi connectivity index (χ2n) is 16.3. The van der Waals surface area contributed by atoms with Crippen LogP contribution in [0.2, 0.25) is 0 Å². The number of phosphoric acid groups is 1. The molecule has 0 amide bonds. The molecule has 0 bridgehead atoms. The van der Waals surface area contributed by atoms with Crippen LogP contribution in [0.3, 0.4) is 0 Å². The molecule has 0 saturated carbocycles. The molecule has 0 rings (SSSR count). The van der Waals surface area contributed by atoms with E-state index in [4.69, 9.17) is 18.5 Å². The number of carbonyl (C=O) groups excluding carboxylic acids is 1. The minimum atomic E-state index is -4.63. The van der Waals surface area contributed by atoms with Crippen molar-refractivity contribution in [3.05, 3.63) is 60.8 Å². The van der Waals surface area contributed by atoms with Gasteiger partial charge in [0.15, 0.2) is 0 Å². The Labute approximate surface area is 353 Å². The predicted octanol–water partition coefficient (Wildman–Crippen LogP) is 9.22. The molecule has 0 radical (unpaired) electrons. The Morgan fingerprint density at radius 1 is 0.655 bits per heavy atom. The maximum absolute atomic E-state index is 12.7. The highest BCUT2D eigenvalue weighted by atomic mass is 31.2. The number of ether oxygens (including phenoxy) is 2. The topological polar surface area (TPSA) is 155 Å². The van der Waals surface area contributed by atoms with Gasteiger partial charge in [-0.05, 0) is 51.4 Å². The van der Waals surface area contributed by atoms with Gasteiger partial charge >= 0.3 is 5.97 Å². The van der Waals surface area contributed by atoms with E-state index in [2.05, 4.69) is 26.0 Å². The first kappa shape index (κ1) is 56.1. The van der Waals surface area contributed by atoms with Crippen molar-refractivity contribution in [2.75, 3.05) is 54.1 Å². The number of aliphatic hydroxyl groups excluding tert-OH is 3. The zero-order valence-corrected chi connectivity index (χ0v) is 38.0. The molecule has 58 heavy (non-hydrogen) atoms. The first-order chi connectivity index (χ1) is 27.8. The summed E-state index contributed by atoms with van der Waals surface area (Å²) in [5, 5.41) is 30.6. The summed E-state index contributed by atoms with van der Waals surface area (Å²) in [6.07, 6.45) is 36.0. The largest absolute Gasteiger partial charge is 0.756 e. The summed E-state index contributed by atoms with van der Waals surface area (Å²) < 4.78 is 34.3. The van der Waals surface area contributed by atoms with E-state index in [1.807, 2.05) is 27.2 Å². The van der Waals surface area contributed by atoms with Crippen LogP contribution in [-0.4, -0.2) is 104 Å². The molecule has 0 aliphatic rings. The molecule has 0 saturated heterocycles. The van der Waals surface area contributed by atoms with Gasteiger partial charge in [0, 0.05) is 13.0 Å². The molecule has 5 atom stereocenters. The van der Waals surface area contributed by atoms with Crippen molar-refractivity contribution >= 4 is 13.8 Å². The number of esters is 1. The highest BCUT2D eigenvalue weighted by Gasteiger charge is 2.21. The van der Waals surface area contributed by atoms with Gasteiger partial charge < -0.3 is 43.2 Å². The van der Waals surface area contributed by atoms with Gasteiger partial charge in [-0.3, -0.25) is 9.36 Å². The fourth-order valence-electron chi connectivity index (χ4n) is 5.75. The van der Waals surface area contributed by atoms with E-state index in [1.54, 1.807) is 36.5 Å². The standard InChI is InChI=1S/C46H84NO10P/c1-6-8-10-11-12-13-14-15-16-17-18-19-20-23-26-30-38-54-40-43(41-56-58(52,53)55-39-37-47(3,4)5)57-46(51)36-31-35-45(50)44(49)34-29-25-22-21-24-28-33-42(48)32-27-9-7-2/h15-16,21-22,24-25,28-29,33-34,42-45,48-50H,6-14,17-20,23,26-27,30-32,35-41H2,1-5H3/b16-15-,24-21+,25-22-,33-28-,34-29-. The third kappa shape index (κ3) is 39.5. The number of likely N-dealkylation sites (N-methyl/N-ethyl adjacent to an activating group) is 1. The Balaban J connectivity index is 4.60. The van der Waals surface area contributed by atoms with Gasteiger partial charge in [-0.25, -0.2) is 0 Å². The molecular formula is C46H84NO10P. The van der Waals surface area contributed by atoms with Gasteiger partial charge in [-0.2, -0.15) is 0 Å². The van der Waals surface area contributed by atoms with Crippen molar-refractivity contribution in [1.29, 1.82) is 0 Å². The van der Waals surface area contributed by atoms with E-state index in [0.29, 0.717) is 17.6 Å². The molecule has 11 nitrogen and oxygen atoms in total. The smallest absolute Gasteiger partial charge is 0.306 e. The molecule has 0 aromatic heterocycles. The lowest BCUT2D eigenvalue weighted by Crippen LogP contribution is -2.37. The van der Waals surface area contributed by atoms with E-state index < -0.39 is 44.8 Å². The van der Waals surface area contributed by atoms with Gasteiger partial charge in [-0.15, -0.1) is 0 Å². The molecule has 3 N–H and O–H groups in total. The SMILES string of the molecule is CCCCCCCC/C=C\CCCCCCCCOCC(COP(=O)([O-])OCC[N+](C)(C)C)OC(=O)CCCC(O)C(O)\C=C/C=C\C=C\C=C/C(O)CCCCC. The van der Waals surface area contributed by atoms with Crippen molar-refractivity contribution in [2.45, 2.75) is 173 Å². The van der Waals surface area contributed by atoms with Crippen molar-refractivity contribution in [3.63, 3.8) is 0 Å². The molecule has 0 heterocycles. The molecule has 338 valence electrons. The molecule has 0 fully saturated rings. The van der Waals surface area contributed by atoms with Gasteiger partial charge in [0.1, 0.15) is 19.3 Å². The number of unbranched alkanes of at least 4 members (excludes halogenated alkanes) is 14. The predicted molar refractivity (Wildman–Crippen MR) is 235 cm³/mol. The Morgan fingerprint density at radius 3 is 1.83 bits per heavy atom. The number of aliphatic hydroxyl groups is 3. The normalized spacial score (nSPS) is 15.9. The van der Waals surface area contributed by atoms with Crippen LogP contribution in [0.4, 0.5) is 0 Å². The van der Waals surface area contributed by atoms with Crippen molar-refractivity contribution in [2.24, 2.45) is 0 Å². The van der Waals surface area contributed by atoms with E-state index in [-0.39, 0.29) is 32.5 Å². The number of nitrogens with zero attached hydrogens (tertiary/aromatic N) is 1. The van der Waals surface area contributed by atoms with E-state index in [9.17, 15) is 29.6 Å². The van der Waals surface area contributed by atoms with Crippen molar-refractivity contribution < 1.29 is 52.6 Å². The molecule has 0 aromatic carbocycles. The fraction of sp³-hybridized carbons (Fsp3) is 0.761. The lowest BCUT2D eigenvalue weighted by molar-refractivity contribution is -0.870. The quantitative estimate of drug-likeness (QED) is 0.0136. The van der Waals surface area contributed by atoms with Crippen LogP contribution >= 0.6 is 7.82 Å². The fourth-order valence-corrected chi connectivity index (χ4v) is 6.48. The minimum Gasteiger partial charge on any atom is -0.756 e. The third-order valence-electron chi connectivity index (χ3n) is 9.41. The van der Waals surface area contributed by atoms with E-state index in [0.717, 1.165) is 51.4 Å². The van der Waals surface area contributed by atoms with Gasteiger partial charge in [-0.1, -0.05) is 152 Å². The van der Waals surface area contributed by atoms with Gasteiger partial charge in [0.05, 0.1) is 52.7 Å². The zero-order chi connectivity index (χ0) is 43.2. The lowest BCUT2D eigenvalue weighted by Gasteiger charge is -2.28. The summed E-state index contributed by atoms with van der Waals surface area (Å²) in [4.78, 5) is 25.1. The number of phosphoric ester groups is 1. The molecule has 12 heteroatoms. The second-order valence-corrected chi connectivity index (χ2v) is 17.7. The maximum Gasteiger partial charge on any atom is 0.306 e. The molecule has 0 aromatic rings. The van der Waals surface area contributed by atoms with Crippen LogP contribution in [0.15, 0.2) is 60.8 Å². The average Bonchev–Trinajstić information content (AvgIpc) is 3.16. The Bertz CT molecular complexity index is 1170. The lowest BCUT2D eigenvalue weighted by atomic mass is 10.1. The van der Waals surface area contributed by atoms with Crippen LogP contribution in [0, 0.1) is 0 Å². The summed E-state index contributed by atoms with van der Waals surface area (Å²) in [6.45, 7) is 4.79. The van der Waals surface area contributed by atoms with Gasteiger partial charge in [0.2, 0.25) is 0 Å². The number of allylic oxidation sites excluding steroid dienone is 8. The second kappa shape index (κ2) is 38.0.